The van der Waals surface area contributed by atoms with E-state index >= 15 is 0 Å². The lowest BCUT2D eigenvalue weighted by Crippen LogP contribution is -2.54. The molecule has 4 heteroatoms. The van der Waals surface area contributed by atoms with Crippen LogP contribution >= 0.6 is 0 Å². The van der Waals surface area contributed by atoms with Gasteiger partial charge in [-0.15, -0.1) is 0 Å². The number of ether oxygens (including phenoxy) is 2. The Balaban J connectivity index is 1.24. The van der Waals surface area contributed by atoms with Gasteiger partial charge in [-0.2, -0.15) is 0 Å². The Hall–Kier alpha value is -2.75. The molecule has 1 atom stereocenters. The molecule has 0 unspecified atom stereocenters. The Morgan fingerprint density at radius 1 is 1.00 bits per heavy atom. The zero-order valence-corrected chi connectivity index (χ0v) is 17.9. The smallest absolute Gasteiger partial charge is 0.137 e. The molecule has 4 nitrogen and oxygen atoms in total. The molecule has 0 spiro atoms. The van der Waals surface area contributed by atoms with Crippen molar-refractivity contribution >= 4 is 11.5 Å². The van der Waals surface area contributed by atoms with E-state index in [1.807, 2.05) is 31.2 Å². The zero-order valence-electron chi connectivity index (χ0n) is 17.9. The van der Waals surface area contributed by atoms with Crippen molar-refractivity contribution in [2.75, 3.05) is 24.6 Å². The number of nitrogens with zero attached hydrogens (tertiary/aromatic N) is 1. The molecule has 0 saturated carbocycles. The molecule has 4 rings (SSSR count). The molecule has 0 radical (unpaired) electrons. The number of carbonyl (C=O) groups excluding carboxylic acids is 1. The summed E-state index contributed by atoms with van der Waals surface area (Å²) in [6.07, 6.45) is 6.89. The monoisotopic (exact) mass is 405 g/mol. The van der Waals surface area contributed by atoms with E-state index < -0.39 is 0 Å². The van der Waals surface area contributed by atoms with Crippen molar-refractivity contribution in [3.8, 4) is 11.5 Å². The molecule has 158 valence electrons. The van der Waals surface area contributed by atoms with Gasteiger partial charge in [0, 0.05) is 18.0 Å². The largest absolute Gasteiger partial charge is 0.494 e. The Kier molecular flexibility index (Phi) is 6.41. The fourth-order valence-electron chi connectivity index (χ4n) is 4.18. The highest BCUT2D eigenvalue weighted by atomic mass is 16.5. The second-order valence-electron chi connectivity index (χ2n) is 8.35. The molecule has 0 N–H and O–H groups in total. The van der Waals surface area contributed by atoms with E-state index in [1.165, 1.54) is 11.3 Å². The van der Waals surface area contributed by atoms with Crippen LogP contribution in [0.25, 0.3) is 0 Å². The SMILES string of the molecule is CCOc1ccc(N2CC(Oc3ccc([C@H](C)CC(=O)C4CC=CC4)cc3)C2)cc1. The summed E-state index contributed by atoms with van der Waals surface area (Å²) < 4.78 is 11.6. The van der Waals surface area contributed by atoms with Crippen LogP contribution in [0.3, 0.4) is 0 Å². The van der Waals surface area contributed by atoms with Crippen LogP contribution in [-0.2, 0) is 4.79 Å². The van der Waals surface area contributed by atoms with Crippen LogP contribution in [-0.4, -0.2) is 31.6 Å². The van der Waals surface area contributed by atoms with Crippen molar-refractivity contribution in [1.29, 1.82) is 0 Å². The molecule has 2 aromatic rings. The predicted octanol–water partition coefficient (Wildman–Crippen LogP) is 5.38. The molecule has 2 aliphatic rings. The standard InChI is InChI=1S/C26H31NO3/c1-3-29-23-14-10-22(11-15-23)27-17-25(18-27)30-24-12-8-20(9-13-24)19(2)16-26(28)21-6-4-5-7-21/h4-5,8-15,19,21,25H,3,6-7,16-18H2,1-2H3/t19-/m1/s1. The minimum absolute atomic E-state index is 0.201. The first-order valence-corrected chi connectivity index (χ1v) is 11.0. The van der Waals surface area contributed by atoms with Crippen molar-refractivity contribution in [2.45, 2.75) is 45.1 Å². The molecule has 30 heavy (non-hydrogen) atoms. The summed E-state index contributed by atoms with van der Waals surface area (Å²) in [6, 6.07) is 16.5. The lowest BCUT2D eigenvalue weighted by molar-refractivity contribution is -0.122. The molecule has 0 aromatic heterocycles. The number of allylic oxidation sites excluding steroid dienone is 2. The average molecular weight is 406 g/mol. The van der Waals surface area contributed by atoms with Crippen LogP contribution in [0, 0.1) is 5.92 Å². The van der Waals surface area contributed by atoms with Crippen LogP contribution in [0.2, 0.25) is 0 Å². The van der Waals surface area contributed by atoms with Gasteiger partial charge in [0.2, 0.25) is 0 Å². The molecular weight excluding hydrogens is 374 g/mol. The summed E-state index contributed by atoms with van der Waals surface area (Å²) in [7, 11) is 0. The quantitative estimate of drug-likeness (QED) is 0.525. The van der Waals surface area contributed by atoms with Gasteiger partial charge >= 0.3 is 0 Å². The molecule has 1 fully saturated rings. The maximum absolute atomic E-state index is 12.4. The van der Waals surface area contributed by atoms with E-state index in [0.717, 1.165) is 37.4 Å². The predicted molar refractivity (Wildman–Crippen MR) is 121 cm³/mol. The highest BCUT2D eigenvalue weighted by Gasteiger charge is 2.28. The molecule has 1 saturated heterocycles. The molecule has 1 heterocycles. The number of rotatable bonds is 9. The zero-order chi connectivity index (χ0) is 20.9. The third kappa shape index (κ3) is 4.86. The van der Waals surface area contributed by atoms with Gasteiger partial charge in [-0.1, -0.05) is 31.2 Å². The van der Waals surface area contributed by atoms with Crippen molar-refractivity contribution < 1.29 is 14.3 Å². The second-order valence-corrected chi connectivity index (χ2v) is 8.35. The first-order valence-electron chi connectivity index (χ1n) is 11.0. The Bertz CT molecular complexity index is 858. The van der Waals surface area contributed by atoms with Gasteiger partial charge in [-0.25, -0.2) is 0 Å². The lowest BCUT2D eigenvalue weighted by atomic mass is 9.89. The van der Waals surface area contributed by atoms with Crippen LogP contribution in [0.15, 0.2) is 60.7 Å². The van der Waals surface area contributed by atoms with Crippen molar-refractivity contribution in [3.63, 3.8) is 0 Å². The normalized spacial score (nSPS) is 17.6. The Morgan fingerprint density at radius 2 is 1.63 bits per heavy atom. The van der Waals surface area contributed by atoms with Crippen molar-refractivity contribution in [2.24, 2.45) is 5.92 Å². The molecule has 0 amide bonds. The van der Waals surface area contributed by atoms with Crippen molar-refractivity contribution in [1.82, 2.24) is 0 Å². The van der Waals surface area contributed by atoms with Gasteiger partial charge in [0.25, 0.3) is 0 Å². The summed E-state index contributed by atoms with van der Waals surface area (Å²) >= 11 is 0. The molecular formula is C26H31NO3. The highest BCUT2D eigenvalue weighted by molar-refractivity contribution is 5.82. The third-order valence-corrected chi connectivity index (χ3v) is 6.08. The number of hydrogen-bond acceptors (Lipinski definition) is 4. The minimum atomic E-state index is 0.201. The number of ketones is 1. The molecule has 1 aliphatic heterocycles. The third-order valence-electron chi connectivity index (χ3n) is 6.08. The summed E-state index contributed by atoms with van der Waals surface area (Å²) in [4.78, 5) is 14.7. The first-order chi connectivity index (χ1) is 14.6. The number of hydrogen-bond donors (Lipinski definition) is 0. The maximum atomic E-state index is 12.4. The molecule has 0 bridgehead atoms. The van der Waals surface area contributed by atoms with E-state index in [2.05, 4.69) is 48.2 Å². The van der Waals surface area contributed by atoms with E-state index in [-0.39, 0.29) is 17.9 Å². The van der Waals surface area contributed by atoms with Gasteiger partial charge in [-0.05, 0) is 67.6 Å². The number of anilines is 1. The van der Waals surface area contributed by atoms with Gasteiger partial charge in [-0.3, -0.25) is 4.79 Å². The maximum Gasteiger partial charge on any atom is 0.137 e. The highest BCUT2D eigenvalue weighted by Crippen LogP contribution is 2.29. The van der Waals surface area contributed by atoms with Crippen LogP contribution in [0.4, 0.5) is 5.69 Å². The second kappa shape index (κ2) is 9.38. The van der Waals surface area contributed by atoms with E-state index in [0.29, 0.717) is 18.8 Å². The summed E-state index contributed by atoms with van der Waals surface area (Å²) in [5.41, 5.74) is 2.40. The van der Waals surface area contributed by atoms with Gasteiger partial charge < -0.3 is 14.4 Å². The number of benzene rings is 2. The molecule has 2 aromatic carbocycles. The van der Waals surface area contributed by atoms with E-state index in [4.69, 9.17) is 9.47 Å². The van der Waals surface area contributed by atoms with Gasteiger partial charge in [0.1, 0.15) is 23.4 Å². The van der Waals surface area contributed by atoms with E-state index in [1.54, 1.807) is 0 Å². The van der Waals surface area contributed by atoms with Crippen LogP contribution in [0.5, 0.6) is 11.5 Å². The molecule has 1 aliphatic carbocycles. The Labute approximate surface area is 179 Å². The lowest BCUT2D eigenvalue weighted by Gasteiger charge is -2.40. The minimum Gasteiger partial charge on any atom is -0.494 e. The average Bonchev–Trinajstić information content (AvgIpc) is 3.27. The van der Waals surface area contributed by atoms with Crippen LogP contribution < -0.4 is 14.4 Å². The van der Waals surface area contributed by atoms with Gasteiger partial charge in [0.15, 0.2) is 0 Å². The number of Topliss-reactive ketones (excluding diaryl/α,β-unsaturated/α-hetero) is 1. The fraction of sp³-hybridized carbons (Fsp3) is 0.423. The fourth-order valence-corrected chi connectivity index (χ4v) is 4.18. The van der Waals surface area contributed by atoms with Gasteiger partial charge in [0.05, 0.1) is 19.7 Å². The first kappa shape index (κ1) is 20.5. The summed E-state index contributed by atoms with van der Waals surface area (Å²) in [6.45, 7) is 6.58. The van der Waals surface area contributed by atoms with E-state index in [9.17, 15) is 4.79 Å². The Morgan fingerprint density at radius 3 is 2.27 bits per heavy atom. The van der Waals surface area contributed by atoms with Crippen LogP contribution in [0.1, 0.15) is 44.6 Å². The topological polar surface area (TPSA) is 38.8 Å². The number of carbonyl (C=O) groups is 1. The van der Waals surface area contributed by atoms with Crippen molar-refractivity contribution in [3.05, 3.63) is 66.2 Å². The summed E-state index contributed by atoms with van der Waals surface area (Å²) in [5, 5.41) is 0. The summed E-state index contributed by atoms with van der Waals surface area (Å²) in [5.74, 6) is 2.63.